The summed E-state index contributed by atoms with van der Waals surface area (Å²) in [6.45, 7) is 4.19. The van der Waals surface area contributed by atoms with E-state index in [1.54, 1.807) is 6.08 Å². The summed E-state index contributed by atoms with van der Waals surface area (Å²) in [5.41, 5.74) is -0.474. The molecule has 116 valence electrons. The largest absolute Gasteiger partial charge is 0.380 e. The maximum atomic E-state index is 12.1. The number of rotatable bonds is 9. The van der Waals surface area contributed by atoms with Gasteiger partial charge in [0, 0.05) is 17.1 Å². The van der Waals surface area contributed by atoms with E-state index in [2.05, 4.69) is 27.2 Å². The van der Waals surface area contributed by atoms with Gasteiger partial charge in [0.15, 0.2) is 4.90 Å². The molecule has 9 heteroatoms. The highest BCUT2D eigenvalue weighted by Crippen LogP contribution is 2.26. The molecule has 0 aliphatic rings. The first kappa shape index (κ1) is 17.8. The highest BCUT2D eigenvalue weighted by atomic mass is 79.9. The maximum Gasteiger partial charge on any atom is 0.289 e. The van der Waals surface area contributed by atoms with Gasteiger partial charge in [0.2, 0.25) is 10.0 Å². The average molecular weight is 379 g/mol. The van der Waals surface area contributed by atoms with Crippen molar-refractivity contribution in [3.63, 3.8) is 0 Å². The summed E-state index contributed by atoms with van der Waals surface area (Å²) in [6, 6.07) is 3.74. The lowest BCUT2D eigenvalue weighted by atomic mass is 10.3. The van der Waals surface area contributed by atoms with Crippen molar-refractivity contribution in [2.24, 2.45) is 0 Å². The second kappa shape index (κ2) is 8.23. The van der Waals surface area contributed by atoms with E-state index < -0.39 is 20.6 Å². The molecule has 0 heterocycles. The number of sulfonamides is 1. The van der Waals surface area contributed by atoms with Crippen LogP contribution in [0.3, 0.4) is 0 Å². The van der Waals surface area contributed by atoms with Gasteiger partial charge in [-0.25, -0.2) is 13.1 Å². The number of ether oxygens (including phenoxy) is 1. The fourth-order valence-corrected chi connectivity index (χ4v) is 3.17. The molecule has 0 bridgehead atoms. The second-order valence-electron chi connectivity index (χ2n) is 3.96. The van der Waals surface area contributed by atoms with Gasteiger partial charge < -0.3 is 4.74 Å². The Morgan fingerprint density at radius 1 is 1.43 bits per heavy atom. The van der Waals surface area contributed by atoms with Crippen molar-refractivity contribution in [2.75, 3.05) is 19.8 Å². The first-order valence-corrected chi connectivity index (χ1v) is 8.28. The fraction of sp³-hybridized carbons (Fsp3) is 0.333. The molecule has 0 aliphatic carbocycles. The van der Waals surface area contributed by atoms with Crippen molar-refractivity contribution in [1.29, 1.82) is 0 Å². The number of hydrogen-bond acceptors (Lipinski definition) is 5. The monoisotopic (exact) mass is 378 g/mol. The van der Waals surface area contributed by atoms with Gasteiger partial charge in [-0.05, 0) is 18.6 Å². The number of nitrogens with zero attached hydrogens (tertiary/aromatic N) is 1. The van der Waals surface area contributed by atoms with Crippen LogP contribution < -0.4 is 4.72 Å². The molecule has 0 unspecified atom stereocenters. The minimum absolute atomic E-state index is 0.0309. The molecule has 0 amide bonds. The van der Waals surface area contributed by atoms with Crippen LogP contribution in [-0.4, -0.2) is 33.1 Å². The highest BCUT2D eigenvalue weighted by Gasteiger charge is 2.25. The van der Waals surface area contributed by atoms with Crippen molar-refractivity contribution in [3.05, 3.63) is 45.4 Å². The summed E-state index contributed by atoms with van der Waals surface area (Å²) >= 11 is 3.10. The lowest BCUT2D eigenvalue weighted by molar-refractivity contribution is -0.387. The summed E-state index contributed by atoms with van der Waals surface area (Å²) in [5, 5.41) is 10.9. The van der Waals surface area contributed by atoms with Crippen LogP contribution in [0.5, 0.6) is 0 Å². The van der Waals surface area contributed by atoms with Gasteiger partial charge in [0.25, 0.3) is 5.69 Å². The van der Waals surface area contributed by atoms with E-state index in [1.165, 1.54) is 12.1 Å². The zero-order chi connectivity index (χ0) is 15.9. The van der Waals surface area contributed by atoms with Crippen LogP contribution in [0.2, 0.25) is 0 Å². The Morgan fingerprint density at radius 3 is 2.76 bits per heavy atom. The molecule has 1 aromatic carbocycles. The Labute approximate surface area is 131 Å². The predicted molar refractivity (Wildman–Crippen MR) is 81.6 cm³/mol. The molecule has 7 nitrogen and oxygen atoms in total. The van der Waals surface area contributed by atoms with Gasteiger partial charge in [0.1, 0.15) is 0 Å². The van der Waals surface area contributed by atoms with Gasteiger partial charge >= 0.3 is 0 Å². The summed E-state index contributed by atoms with van der Waals surface area (Å²) < 4.78 is 32.1. The quantitative estimate of drug-likeness (QED) is 0.307. The molecule has 0 saturated heterocycles. The summed E-state index contributed by atoms with van der Waals surface area (Å²) in [7, 11) is -3.97. The van der Waals surface area contributed by atoms with Crippen molar-refractivity contribution in [2.45, 2.75) is 11.3 Å². The predicted octanol–water partition coefficient (Wildman–Crippen LogP) is 2.23. The molecule has 1 rings (SSSR count). The lowest BCUT2D eigenvalue weighted by Gasteiger charge is -2.08. The molecule has 0 atom stereocenters. The van der Waals surface area contributed by atoms with E-state index in [0.717, 1.165) is 6.07 Å². The normalized spacial score (nSPS) is 11.3. The van der Waals surface area contributed by atoms with E-state index in [0.29, 0.717) is 17.5 Å². The summed E-state index contributed by atoms with van der Waals surface area (Å²) in [4.78, 5) is 9.78. The second-order valence-corrected chi connectivity index (χ2v) is 6.61. The summed E-state index contributed by atoms with van der Waals surface area (Å²) in [6.07, 6.45) is 2.36. The topological polar surface area (TPSA) is 98.5 Å². The molecular formula is C12H15BrN2O5S. The van der Waals surface area contributed by atoms with Gasteiger partial charge in [-0.1, -0.05) is 22.0 Å². The Morgan fingerprint density at radius 2 is 2.14 bits per heavy atom. The number of benzene rings is 1. The molecule has 0 fully saturated rings. The van der Waals surface area contributed by atoms with Crippen LogP contribution in [0.1, 0.15) is 6.42 Å². The summed E-state index contributed by atoms with van der Waals surface area (Å²) in [5.74, 6) is 0. The fourth-order valence-electron chi connectivity index (χ4n) is 1.45. The van der Waals surface area contributed by atoms with E-state index in [9.17, 15) is 18.5 Å². The number of nitrogens with one attached hydrogen (secondary N) is 1. The number of hydrogen-bond donors (Lipinski definition) is 1. The molecule has 1 aromatic rings. The van der Waals surface area contributed by atoms with Gasteiger partial charge in [-0.3, -0.25) is 10.1 Å². The first-order valence-electron chi connectivity index (χ1n) is 6.00. The third-order valence-electron chi connectivity index (χ3n) is 2.41. The third kappa shape index (κ3) is 5.54. The van der Waals surface area contributed by atoms with Crippen molar-refractivity contribution in [1.82, 2.24) is 4.72 Å². The van der Waals surface area contributed by atoms with Crippen LogP contribution in [-0.2, 0) is 14.8 Å². The Bertz CT molecular complexity index is 618. The minimum Gasteiger partial charge on any atom is -0.380 e. The molecular weight excluding hydrogens is 364 g/mol. The maximum absolute atomic E-state index is 12.1. The minimum atomic E-state index is -3.97. The number of nitro benzene ring substituents is 1. The molecule has 1 N–H and O–H groups in total. The number of nitro groups is 1. The molecule has 0 radical (unpaired) electrons. The van der Waals surface area contributed by atoms with Gasteiger partial charge in [0.05, 0.1) is 18.1 Å². The SMILES string of the molecule is C=CCCOCCNS(=O)(=O)c1cc(Br)ccc1[N+](=O)[O-]. The smallest absolute Gasteiger partial charge is 0.289 e. The molecule has 0 aromatic heterocycles. The standard InChI is InChI=1S/C12H15BrN2O5S/c1-2-3-7-20-8-6-14-21(18,19)12-9-10(13)4-5-11(12)15(16)17/h2,4-5,9,14H,1,3,6-8H2. The van der Waals surface area contributed by atoms with Crippen LogP contribution in [0.25, 0.3) is 0 Å². The van der Waals surface area contributed by atoms with Crippen LogP contribution >= 0.6 is 15.9 Å². The average Bonchev–Trinajstić information content (AvgIpc) is 2.42. The molecule has 21 heavy (non-hydrogen) atoms. The highest BCUT2D eigenvalue weighted by molar-refractivity contribution is 9.10. The van der Waals surface area contributed by atoms with E-state index in [-0.39, 0.29) is 18.0 Å². The Balaban J connectivity index is 2.76. The lowest BCUT2D eigenvalue weighted by Crippen LogP contribution is -2.28. The van der Waals surface area contributed by atoms with E-state index in [1.807, 2.05) is 0 Å². The van der Waals surface area contributed by atoms with Crippen LogP contribution in [0.4, 0.5) is 5.69 Å². The van der Waals surface area contributed by atoms with Crippen molar-refractivity contribution < 1.29 is 18.1 Å². The zero-order valence-corrected chi connectivity index (χ0v) is 13.5. The van der Waals surface area contributed by atoms with Crippen LogP contribution in [0, 0.1) is 10.1 Å². The van der Waals surface area contributed by atoms with Crippen molar-refractivity contribution in [3.8, 4) is 0 Å². The van der Waals surface area contributed by atoms with Gasteiger partial charge in [-0.2, -0.15) is 0 Å². The Hall–Kier alpha value is -1.29. The van der Waals surface area contributed by atoms with Gasteiger partial charge in [-0.15, -0.1) is 6.58 Å². The molecule has 0 saturated carbocycles. The van der Waals surface area contributed by atoms with Crippen LogP contribution in [0.15, 0.2) is 40.2 Å². The van der Waals surface area contributed by atoms with E-state index >= 15 is 0 Å². The zero-order valence-electron chi connectivity index (χ0n) is 11.1. The number of halogens is 1. The first-order chi connectivity index (χ1) is 9.88. The van der Waals surface area contributed by atoms with E-state index in [4.69, 9.17) is 4.74 Å². The third-order valence-corrected chi connectivity index (χ3v) is 4.40. The molecule has 0 aliphatic heterocycles. The Kier molecular flexibility index (Phi) is 6.96. The van der Waals surface area contributed by atoms with Crippen molar-refractivity contribution >= 4 is 31.6 Å². The molecule has 0 spiro atoms.